The summed E-state index contributed by atoms with van der Waals surface area (Å²) >= 11 is 0. The zero-order valence-electron chi connectivity index (χ0n) is 10.7. The molecule has 16 heavy (non-hydrogen) atoms. The number of ether oxygens (including phenoxy) is 1. The summed E-state index contributed by atoms with van der Waals surface area (Å²) in [7, 11) is 0. The fourth-order valence-corrected chi connectivity index (χ4v) is 2.27. The van der Waals surface area contributed by atoms with Crippen molar-refractivity contribution in [2.24, 2.45) is 5.92 Å². The lowest BCUT2D eigenvalue weighted by atomic mass is 9.87. The zero-order chi connectivity index (χ0) is 11.7. The first kappa shape index (κ1) is 11.4. The van der Waals surface area contributed by atoms with E-state index in [0.29, 0.717) is 17.8 Å². The molecule has 1 aromatic rings. The highest BCUT2D eigenvalue weighted by molar-refractivity contribution is 5.34. The first-order valence-corrected chi connectivity index (χ1v) is 6.23. The Balaban J connectivity index is 2.40. The van der Waals surface area contributed by atoms with Gasteiger partial charge in [0.15, 0.2) is 0 Å². The molecule has 1 aliphatic rings. The van der Waals surface area contributed by atoms with Crippen LogP contribution in [0.3, 0.4) is 0 Å². The van der Waals surface area contributed by atoms with Gasteiger partial charge in [0, 0.05) is 11.6 Å². The number of hydrogen-bond acceptors (Lipinski definition) is 2. The van der Waals surface area contributed by atoms with Gasteiger partial charge in [-0.2, -0.15) is 0 Å². The Bertz CT molecular complexity index is 371. The summed E-state index contributed by atoms with van der Waals surface area (Å²) in [6, 6.07) is 4.18. The Morgan fingerprint density at radius 3 is 2.62 bits per heavy atom. The molecule has 2 nitrogen and oxygen atoms in total. The number of rotatable bonds is 2. The Morgan fingerprint density at radius 1 is 1.25 bits per heavy atom. The molecule has 1 unspecified atom stereocenters. The average molecular weight is 219 g/mol. The van der Waals surface area contributed by atoms with Crippen LogP contribution in [0.5, 0.6) is 5.75 Å². The maximum Gasteiger partial charge on any atom is 0.141 e. The lowest BCUT2D eigenvalue weighted by Crippen LogP contribution is -2.20. The third-order valence-electron chi connectivity index (χ3n) is 3.34. The van der Waals surface area contributed by atoms with Crippen LogP contribution in [0.2, 0.25) is 0 Å². The van der Waals surface area contributed by atoms with Gasteiger partial charge in [0.1, 0.15) is 5.75 Å². The molecule has 0 bridgehead atoms. The van der Waals surface area contributed by atoms with E-state index in [4.69, 9.17) is 9.72 Å². The molecule has 2 heterocycles. The van der Waals surface area contributed by atoms with E-state index in [1.807, 2.05) is 0 Å². The molecule has 88 valence electrons. The second kappa shape index (κ2) is 4.44. The minimum atomic E-state index is 0.486. The lowest BCUT2D eigenvalue weighted by Gasteiger charge is -2.28. The van der Waals surface area contributed by atoms with Crippen molar-refractivity contribution < 1.29 is 4.74 Å². The summed E-state index contributed by atoms with van der Waals surface area (Å²) in [5.74, 6) is 2.68. The van der Waals surface area contributed by atoms with Gasteiger partial charge in [0.2, 0.25) is 0 Å². The van der Waals surface area contributed by atoms with Crippen molar-refractivity contribution >= 4 is 0 Å². The molecule has 1 aromatic heterocycles. The quantitative estimate of drug-likeness (QED) is 0.756. The highest BCUT2D eigenvalue weighted by Gasteiger charge is 2.26. The van der Waals surface area contributed by atoms with Crippen molar-refractivity contribution in [2.75, 3.05) is 6.61 Å². The number of aromatic nitrogens is 1. The zero-order valence-corrected chi connectivity index (χ0v) is 10.7. The van der Waals surface area contributed by atoms with Gasteiger partial charge in [-0.05, 0) is 30.4 Å². The van der Waals surface area contributed by atoms with E-state index in [2.05, 4.69) is 39.8 Å². The molecule has 0 aromatic carbocycles. The fraction of sp³-hybridized carbons (Fsp3) is 0.643. The molecule has 2 rings (SSSR count). The summed E-state index contributed by atoms with van der Waals surface area (Å²) in [5, 5.41) is 0. The van der Waals surface area contributed by atoms with Crippen molar-refractivity contribution in [3.05, 3.63) is 23.5 Å². The van der Waals surface area contributed by atoms with Crippen LogP contribution in [-0.2, 0) is 0 Å². The van der Waals surface area contributed by atoms with Crippen LogP contribution >= 0.6 is 0 Å². The Hall–Kier alpha value is -1.05. The van der Waals surface area contributed by atoms with E-state index in [1.165, 1.54) is 11.4 Å². The van der Waals surface area contributed by atoms with Gasteiger partial charge in [-0.3, -0.25) is 4.98 Å². The molecule has 0 saturated heterocycles. The van der Waals surface area contributed by atoms with Crippen molar-refractivity contribution in [3.8, 4) is 5.75 Å². The Labute approximate surface area is 98.0 Å². The monoisotopic (exact) mass is 219 g/mol. The van der Waals surface area contributed by atoms with Gasteiger partial charge < -0.3 is 4.74 Å². The van der Waals surface area contributed by atoms with Gasteiger partial charge >= 0.3 is 0 Å². The molecule has 0 N–H and O–H groups in total. The molecule has 0 spiro atoms. The Kier molecular flexibility index (Phi) is 3.17. The second-order valence-corrected chi connectivity index (χ2v) is 5.26. The van der Waals surface area contributed by atoms with Crippen LogP contribution in [0.25, 0.3) is 0 Å². The molecular formula is C14H21NO. The van der Waals surface area contributed by atoms with Crippen LogP contribution in [-0.4, -0.2) is 11.6 Å². The molecule has 0 aliphatic carbocycles. The van der Waals surface area contributed by atoms with Crippen LogP contribution in [0, 0.1) is 5.92 Å². The van der Waals surface area contributed by atoms with Gasteiger partial charge in [-0.25, -0.2) is 0 Å². The summed E-state index contributed by atoms with van der Waals surface area (Å²) in [6.07, 6.45) is 1.10. The topological polar surface area (TPSA) is 22.1 Å². The largest absolute Gasteiger partial charge is 0.492 e. The summed E-state index contributed by atoms with van der Waals surface area (Å²) in [4.78, 5) is 4.79. The Morgan fingerprint density at radius 2 is 2.00 bits per heavy atom. The number of hydrogen-bond donors (Lipinski definition) is 0. The smallest absolute Gasteiger partial charge is 0.141 e. The lowest BCUT2D eigenvalue weighted by molar-refractivity contribution is 0.242. The van der Waals surface area contributed by atoms with E-state index in [0.717, 1.165) is 18.8 Å². The molecule has 1 atom stereocenters. The molecule has 0 amide bonds. The predicted molar refractivity (Wildman–Crippen MR) is 66.0 cm³/mol. The minimum Gasteiger partial charge on any atom is -0.492 e. The van der Waals surface area contributed by atoms with Crippen molar-refractivity contribution in [1.29, 1.82) is 0 Å². The molecule has 1 aliphatic heterocycles. The highest BCUT2D eigenvalue weighted by atomic mass is 16.5. The molecule has 0 radical (unpaired) electrons. The van der Waals surface area contributed by atoms with Crippen LogP contribution in [0.4, 0.5) is 0 Å². The van der Waals surface area contributed by atoms with E-state index in [1.54, 1.807) is 0 Å². The van der Waals surface area contributed by atoms with E-state index >= 15 is 0 Å². The van der Waals surface area contributed by atoms with Gasteiger partial charge in [-0.1, -0.05) is 27.7 Å². The summed E-state index contributed by atoms with van der Waals surface area (Å²) in [5.41, 5.74) is 2.35. The highest BCUT2D eigenvalue weighted by Crippen LogP contribution is 2.37. The molecule has 0 fully saturated rings. The van der Waals surface area contributed by atoms with Crippen molar-refractivity contribution in [3.63, 3.8) is 0 Å². The van der Waals surface area contributed by atoms with E-state index in [-0.39, 0.29) is 0 Å². The second-order valence-electron chi connectivity index (χ2n) is 5.26. The van der Waals surface area contributed by atoms with Gasteiger partial charge in [0.05, 0.1) is 12.3 Å². The fourth-order valence-electron chi connectivity index (χ4n) is 2.27. The van der Waals surface area contributed by atoms with Crippen LogP contribution < -0.4 is 4.74 Å². The van der Waals surface area contributed by atoms with Gasteiger partial charge in [0.25, 0.3) is 0 Å². The minimum absolute atomic E-state index is 0.486. The molecule has 2 heteroatoms. The number of nitrogens with zero attached hydrogens (tertiary/aromatic N) is 1. The first-order chi connectivity index (χ1) is 7.59. The molecule has 0 saturated carbocycles. The van der Waals surface area contributed by atoms with E-state index < -0.39 is 0 Å². The molecular weight excluding hydrogens is 198 g/mol. The number of fused-ring (bicyclic) bond motifs is 1. The average Bonchev–Trinajstić information content (AvgIpc) is 2.27. The summed E-state index contributed by atoms with van der Waals surface area (Å²) < 4.78 is 5.68. The van der Waals surface area contributed by atoms with Crippen LogP contribution in [0.1, 0.15) is 57.3 Å². The van der Waals surface area contributed by atoms with Gasteiger partial charge in [-0.15, -0.1) is 0 Å². The van der Waals surface area contributed by atoms with Crippen molar-refractivity contribution in [2.45, 2.75) is 46.0 Å². The van der Waals surface area contributed by atoms with Crippen molar-refractivity contribution in [1.82, 2.24) is 4.98 Å². The predicted octanol–water partition coefficient (Wildman–Crippen LogP) is 3.73. The number of pyridine rings is 1. The maximum atomic E-state index is 5.68. The maximum absolute atomic E-state index is 5.68. The third-order valence-corrected chi connectivity index (χ3v) is 3.34. The summed E-state index contributed by atoms with van der Waals surface area (Å²) in [6.45, 7) is 9.73. The SMILES string of the molecule is CC(C)c1ccc2c(n1)C(C(C)C)CCO2. The third kappa shape index (κ3) is 2.06. The normalized spacial score (nSPS) is 19.8. The standard InChI is InChI=1S/C14H21NO/c1-9(2)11-7-8-16-13-6-5-12(10(3)4)15-14(11)13/h5-6,9-11H,7-8H2,1-4H3. The first-order valence-electron chi connectivity index (χ1n) is 6.23. The van der Waals surface area contributed by atoms with Crippen LogP contribution in [0.15, 0.2) is 12.1 Å². The van der Waals surface area contributed by atoms with E-state index in [9.17, 15) is 0 Å².